The molecule has 1 heterocycles. The Balaban J connectivity index is 1.83. The van der Waals surface area contributed by atoms with Gasteiger partial charge in [-0.3, -0.25) is 4.79 Å². The highest BCUT2D eigenvalue weighted by Gasteiger charge is 2.22. The first kappa shape index (κ1) is 21.0. The average Bonchev–Trinajstić information content (AvgIpc) is 2.66. The maximum absolute atomic E-state index is 12.6. The summed E-state index contributed by atoms with van der Waals surface area (Å²) < 4.78 is 10.5. The molecule has 3 rings (SSSR count). The lowest BCUT2D eigenvalue weighted by molar-refractivity contribution is -0.117. The molecule has 0 aliphatic heterocycles. The van der Waals surface area contributed by atoms with E-state index in [2.05, 4.69) is 15.6 Å². The maximum atomic E-state index is 12.6. The highest BCUT2D eigenvalue weighted by Crippen LogP contribution is 2.26. The van der Waals surface area contributed by atoms with Gasteiger partial charge in [-0.2, -0.15) is 0 Å². The van der Waals surface area contributed by atoms with Crippen LogP contribution in [0.25, 0.3) is 22.4 Å². The molecule has 0 aliphatic carbocycles. The highest BCUT2D eigenvalue weighted by molar-refractivity contribution is 5.99. The van der Waals surface area contributed by atoms with Gasteiger partial charge in [0.2, 0.25) is 11.8 Å². The number of nitrogens with zero attached hydrogens (tertiary/aromatic N) is 1. The van der Waals surface area contributed by atoms with E-state index < -0.39 is 29.3 Å². The van der Waals surface area contributed by atoms with Gasteiger partial charge in [0.15, 0.2) is 0 Å². The fourth-order valence-corrected chi connectivity index (χ4v) is 2.70. The lowest BCUT2D eigenvalue weighted by atomic mass is 10.1. The predicted octanol–water partition coefficient (Wildman–Crippen LogP) is 3.71. The second kappa shape index (κ2) is 8.36. The molecule has 156 valence electrons. The third kappa shape index (κ3) is 5.02. The minimum absolute atomic E-state index is 0.0855. The van der Waals surface area contributed by atoms with Crippen LogP contribution >= 0.6 is 0 Å². The van der Waals surface area contributed by atoms with Gasteiger partial charge >= 0.3 is 11.7 Å². The van der Waals surface area contributed by atoms with Gasteiger partial charge in [0.25, 0.3) is 0 Å². The van der Waals surface area contributed by atoms with E-state index in [4.69, 9.17) is 9.15 Å². The molecule has 2 N–H and O–H groups in total. The molecule has 3 aromatic rings. The number of hydrogen-bond donors (Lipinski definition) is 2. The molecule has 0 saturated heterocycles. The zero-order chi connectivity index (χ0) is 21.9. The van der Waals surface area contributed by atoms with E-state index in [0.29, 0.717) is 22.2 Å². The average molecular weight is 409 g/mol. The molecule has 1 aromatic heterocycles. The second-order valence-electron chi connectivity index (χ2n) is 7.73. The highest BCUT2D eigenvalue weighted by atomic mass is 16.6. The Morgan fingerprint density at radius 2 is 1.73 bits per heavy atom. The molecule has 0 spiro atoms. The van der Waals surface area contributed by atoms with Gasteiger partial charge in [0.1, 0.15) is 11.6 Å². The number of carbonyl (C=O) groups excluding carboxylic acids is 2. The first-order valence-corrected chi connectivity index (χ1v) is 9.44. The Morgan fingerprint density at radius 3 is 2.47 bits per heavy atom. The van der Waals surface area contributed by atoms with Gasteiger partial charge in [0.05, 0.1) is 22.2 Å². The minimum Gasteiger partial charge on any atom is -0.444 e. The van der Waals surface area contributed by atoms with Crippen LogP contribution < -0.4 is 16.3 Å². The van der Waals surface area contributed by atoms with Crippen molar-refractivity contribution in [3.63, 3.8) is 0 Å². The van der Waals surface area contributed by atoms with Crippen LogP contribution in [0.4, 0.5) is 10.5 Å². The van der Waals surface area contributed by atoms with Crippen molar-refractivity contribution in [2.75, 3.05) is 5.32 Å². The summed E-state index contributed by atoms with van der Waals surface area (Å²) in [5, 5.41) is 5.59. The number of benzene rings is 2. The molecule has 1 unspecified atom stereocenters. The van der Waals surface area contributed by atoms with Crippen molar-refractivity contribution >= 4 is 28.6 Å². The Bertz CT molecular complexity index is 1150. The maximum Gasteiger partial charge on any atom is 0.408 e. The smallest absolute Gasteiger partial charge is 0.408 e. The summed E-state index contributed by atoms with van der Waals surface area (Å²) in [6, 6.07) is 12.8. The fraction of sp³-hybridized carbons (Fsp3) is 0.273. The third-order valence-electron chi connectivity index (χ3n) is 4.08. The van der Waals surface area contributed by atoms with E-state index in [1.165, 1.54) is 6.92 Å². The summed E-state index contributed by atoms with van der Waals surface area (Å²) in [5.74, 6) is -0.376. The van der Waals surface area contributed by atoms with E-state index in [1.54, 1.807) is 69.3 Å². The largest absolute Gasteiger partial charge is 0.444 e. The lowest BCUT2D eigenvalue weighted by Gasteiger charge is -2.21. The number of rotatable bonds is 4. The van der Waals surface area contributed by atoms with Crippen LogP contribution in [0, 0.1) is 0 Å². The number of amides is 2. The molecule has 8 heteroatoms. The lowest BCUT2D eigenvalue weighted by Crippen LogP contribution is -2.44. The van der Waals surface area contributed by atoms with Gasteiger partial charge in [-0.15, -0.1) is 0 Å². The first-order chi connectivity index (χ1) is 14.1. The number of anilines is 1. The number of fused-ring (bicyclic) bond motifs is 1. The van der Waals surface area contributed by atoms with Crippen LogP contribution in [0.2, 0.25) is 0 Å². The molecule has 1 atom stereocenters. The molecule has 0 fully saturated rings. The summed E-state index contributed by atoms with van der Waals surface area (Å²) in [5.41, 5.74) is 0.137. The summed E-state index contributed by atoms with van der Waals surface area (Å²) in [6.07, 6.45) is -0.694. The molecule has 2 aromatic carbocycles. The van der Waals surface area contributed by atoms with Gasteiger partial charge in [-0.05, 0) is 52.0 Å². The minimum atomic E-state index is -0.857. The molecule has 0 aliphatic rings. The molecule has 0 saturated carbocycles. The Morgan fingerprint density at radius 1 is 1.07 bits per heavy atom. The number of para-hydroxylation sites is 2. The summed E-state index contributed by atoms with van der Waals surface area (Å²) in [4.78, 5) is 41.2. The van der Waals surface area contributed by atoms with Gasteiger partial charge in [-0.1, -0.05) is 24.3 Å². The van der Waals surface area contributed by atoms with Crippen molar-refractivity contribution in [2.45, 2.75) is 39.3 Å². The summed E-state index contributed by atoms with van der Waals surface area (Å²) in [6.45, 7) is 6.74. The van der Waals surface area contributed by atoms with E-state index in [-0.39, 0.29) is 5.89 Å². The van der Waals surface area contributed by atoms with Crippen molar-refractivity contribution in [2.24, 2.45) is 0 Å². The number of aromatic nitrogens is 1. The zero-order valence-corrected chi connectivity index (χ0v) is 17.2. The van der Waals surface area contributed by atoms with Crippen molar-refractivity contribution in [1.29, 1.82) is 0 Å². The van der Waals surface area contributed by atoms with Crippen molar-refractivity contribution in [3.05, 3.63) is 59.0 Å². The zero-order valence-electron chi connectivity index (χ0n) is 17.2. The molecule has 2 amide bonds. The quantitative estimate of drug-likeness (QED) is 0.680. The van der Waals surface area contributed by atoms with Crippen LogP contribution in [0.15, 0.2) is 57.7 Å². The third-order valence-corrected chi connectivity index (χ3v) is 4.08. The molecular formula is C22H23N3O5. The normalized spacial score (nSPS) is 12.3. The SMILES string of the molecule is CC(NC(=O)OC(C)(C)C)C(=O)Nc1ccccc1-c1nc2ccccc2c(=O)o1. The van der Waals surface area contributed by atoms with E-state index in [0.717, 1.165) is 0 Å². The van der Waals surface area contributed by atoms with Crippen LogP contribution in [0.1, 0.15) is 27.7 Å². The van der Waals surface area contributed by atoms with Crippen molar-refractivity contribution in [1.82, 2.24) is 10.3 Å². The van der Waals surface area contributed by atoms with Crippen molar-refractivity contribution in [3.8, 4) is 11.5 Å². The van der Waals surface area contributed by atoms with Gasteiger partial charge in [-0.25, -0.2) is 14.6 Å². The number of nitrogens with one attached hydrogen (secondary N) is 2. The molecular weight excluding hydrogens is 386 g/mol. The fourth-order valence-electron chi connectivity index (χ4n) is 2.70. The van der Waals surface area contributed by atoms with Crippen LogP contribution in [0.5, 0.6) is 0 Å². The van der Waals surface area contributed by atoms with Crippen LogP contribution in [-0.4, -0.2) is 28.6 Å². The summed E-state index contributed by atoms with van der Waals surface area (Å²) in [7, 11) is 0. The Kier molecular flexibility index (Phi) is 5.86. The number of carbonyl (C=O) groups is 2. The van der Waals surface area contributed by atoms with E-state index in [9.17, 15) is 14.4 Å². The van der Waals surface area contributed by atoms with E-state index in [1.807, 2.05) is 0 Å². The second-order valence-corrected chi connectivity index (χ2v) is 7.73. The van der Waals surface area contributed by atoms with Gasteiger partial charge in [0, 0.05) is 0 Å². The van der Waals surface area contributed by atoms with Crippen LogP contribution in [0.3, 0.4) is 0 Å². The molecule has 0 radical (unpaired) electrons. The monoisotopic (exact) mass is 409 g/mol. The molecule has 0 bridgehead atoms. The molecule has 8 nitrogen and oxygen atoms in total. The topological polar surface area (TPSA) is 111 Å². The van der Waals surface area contributed by atoms with Crippen molar-refractivity contribution < 1.29 is 18.7 Å². The van der Waals surface area contributed by atoms with Gasteiger partial charge < -0.3 is 19.8 Å². The number of hydrogen-bond acceptors (Lipinski definition) is 6. The Hall–Kier alpha value is -3.68. The predicted molar refractivity (Wildman–Crippen MR) is 113 cm³/mol. The molecule has 30 heavy (non-hydrogen) atoms. The summed E-state index contributed by atoms with van der Waals surface area (Å²) >= 11 is 0. The Labute approximate surface area is 173 Å². The number of ether oxygens (including phenoxy) is 1. The standard InChI is InChI=1S/C22H23N3O5/c1-13(23-21(28)30-22(2,3)4)18(26)24-16-11-7-5-9-14(16)19-25-17-12-8-6-10-15(17)20(27)29-19/h5-13H,1-4H3,(H,23,28)(H,24,26). The van der Waals surface area contributed by atoms with E-state index >= 15 is 0 Å². The van der Waals surface area contributed by atoms with Crippen LogP contribution in [-0.2, 0) is 9.53 Å². The first-order valence-electron chi connectivity index (χ1n) is 9.44. The number of alkyl carbamates (subject to hydrolysis) is 1.